The van der Waals surface area contributed by atoms with Gasteiger partial charge < -0.3 is 20.1 Å². The van der Waals surface area contributed by atoms with E-state index in [9.17, 15) is 9.59 Å². The zero-order chi connectivity index (χ0) is 19.0. The molecule has 2 heterocycles. The van der Waals surface area contributed by atoms with Gasteiger partial charge in [0.15, 0.2) is 5.72 Å². The molecule has 0 spiro atoms. The Kier molecular flexibility index (Phi) is 4.26. The number of likely N-dealkylation sites (tertiary alicyclic amines) is 1. The smallest absolute Gasteiger partial charge is 0.238 e. The summed E-state index contributed by atoms with van der Waals surface area (Å²) < 4.78 is 11.9. The highest BCUT2D eigenvalue weighted by atomic mass is 16.5. The molecular weight excluding hydrogens is 344 g/mol. The first-order chi connectivity index (χ1) is 13.0. The van der Waals surface area contributed by atoms with E-state index >= 15 is 0 Å². The third-order valence-corrected chi connectivity index (χ3v) is 5.39. The molecule has 2 bridgehead atoms. The van der Waals surface area contributed by atoms with E-state index in [0.717, 1.165) is 11.3 Å². The molecule has 140 valence electrons. The molecule has 6 heteroatoms. The van der Waals surface area contributed by atoms with Gasteiger partial charge in [0.05, 0.1) is 6.54 Å². The monoisotopic (exact) mass is 366 g/mol. The topological polar surface area (TPSA) is 81.9 Å². The Morgan fingerprint density at radius 3 is 2.67 bits per heavy atom. The summed E-state index contributed by atoms with van der Waals surface area (Å²) in [7, 11) is 0. The maximum absolute atomic E-state index is 13.1. The number of hydrogen-bond donors (Lipinski definition) is 1. The molecule has 2 amide bonds. The maximum atomic E-state index is 13.1. The number of primary amides is 1. The second-order valence-electron chi connectivity index (χ2n) is 7.16. The molecule has 2 aliphatic heterocycles. The molecule has 2 aliphatic rings. The SMILES string of the molecule is C[C@@]12C[C@@H](c3ccccc3O1)[C@@H](C(N)=O)C(=O)N2CCOc1ccccc1. The van der Waals surface area contributed by atoms with Crippen LogP contribution in [-0.2, 0) is 9.59 Å². The fraction of sp³-hybridized carbons (Fsp3) is 0.333. The summed E-state index contributed by atoms with van der Waals surface area (Å²) in [6.07, 6.45) is 0.523. The van der Waals surface area contributed by atoms with Crippen molar-refractivity contribution in [2.45, 2.75) is 25.0 Å². The van der Waals surface area contributed by atoms with Crippen molar-refractivity contribution in [2.75, 3.05) is 13.2 Å². The van der Waals surface area contributed by atoms with E-state index in [-0.39, 0.29) is 11.8 Å². The van der Waals surface area contributed by atoms with Gasteiger partial charge in [0, 0.05) is 12.3 Å². The number of hydrogen-bond acceptors (Lipinski definition) is 4. The highest BCUT2D eigenvalue weighted by Crippen LogP contribution is 2.49. The zero-order valence-electron chi connectivity index (χ0n) is 15.1. The number of nitrogens with zero attached hydrogens (tertiary/aromatic N) is 1. The minimum absolute atomic E-state index is 0.267. The van der Waals surface area contributed by atoms with Gasteiger partial charge in [-0.25, -0.2) is 0 Å². The number of amides is 2. The van der Waals surface area contributed by atoms with Gasteiger partial charge in [-0.2, -0.15) is 0 Å². The third-order valence-electron chi connectivity index (χ3n) is 5.39. The second kappa shape index (κ2) is 6.61. The standard InChI is InChI=1S/C21H22N2O4/c1-21-13-16(15-9-5-6-10-17(15)27-21)18(19(22)24)20(25)23(21)11-12-26-14-7-3-2-4-8-14/h2-10,16,18H,11-13H2,1H3,(H2,22,24)/t16-,18-,21-/m0/s1. The number of carbonyl (C=O) groups is 2. The molecule has 0 aromatic heterocycles. The van der Waals surface area contributed by atoms with Gasteiger partial charge in [-0.3, -0.25) is 9.59 Å². The summed E-state index contributed by atoms with van der Waals surface area (Å²) in [5.41, 5.74) is 5.65. The van der Waals surface area contributed by atoms with Gasteiger partial charge in [0.2, 0.25) is 11.8 Å². The van der Waals surface area contributed by atoms with E-state index in [1.807, 2.05) is 61.5 Å². The molecule has 0 saturated carbocycles. The lowest BCUT2D eigenvalue weighted by Gasteiger charge is -2.52. The minimum Gasteiger partial charge on any atom is -0.492 e. The maximum Gasteiger partial charge on any atom is 0.238 e. The van der Waals surface area contributed by atoms with Gasteiger partial charge in [0.1, 0.15) is 24.0 Å². The van der Waals surface area contributed by atoms with Crippen LogP contribution in [0.15, 0.2) is 54.6 Å². The van der Waals surface area contributed by atoms with Crippen LogP contribution in [0.3, 0.4) is 0 Å². The summed E-state index contributed by atoms with van der Waals surface area (Å²) in [5.74, 6) is -0.628. The van der Waals surface area contributed by atoms with Crippen LogP contribution in [0.1, 0.15) is 24.8 Å². The van der Waals surface area contributed by atoms with Crippen molar-refractivity contribution in [1.29, 1.82) is 0 Å². The Morgan fingerprint density at radius 1 is 1.22 bits per heavy atom. The van der Waals surface area contributed by atoms with E-state index in [0.29, 0.717) is 25.3 Å². The summed E-state index contributed by atoms with van der Waals surface area (Å²) in [6.45, 7) is 2.49. The molecule has 0 radical (unpaired) electrons. The molecule has 0 aliphatic carbocycles. The normalized spacial score (nSPS) is 26.1. The number of para-hydroxylation sites is 2. The Bertz CT molecular complexity index is 869. The fourth-order valence-electron chi connectivity index (χ4n) is 4.15. The van der Waals surface area contributed by atoms with E-state index in [1.54, 1.807) is 4.90 Å². The number of piperidine rings is 1. The molecule has 2 aromatic rings. The van der Waals surface area contributed by atoms with Crippen LogP contribution >= 0.6 is 0 Å². The van der Waals surface area contributed by atoms with Crippen molar-refractivity contribution in [1.82, 2.24) is 4.90 Å². The molecule has 27 heavy (non-hydrogen) atoms. The lowest BCUT2D eigenvalue weighted by molar-refractivity contribution is -0.176. The predicted octanol–water partition coefficient (Wildman–Crippen LogP) is 2.29. The van der Waals surface area contributed by atoms with Crippen molar-refractivity contribution in [3.05, 3.63) is 60.2 Å². The van der Waals surface area contributed by atoms with Gasteiger partial charge >= 0.3 is 0 Å². The Labute approximate surface area is 157 Å². The summed E-state index contributed by atoms with van der Waals surface area (Å²) in [6, 6.07) is 16.9. The third kappa shape index (κ3) is 3.01. The molecule has 3 atom stereocenters. The lowest BCUT2D eigenvalue weighted by atomic mass is 9.73. The first-order valence-electron chi connectivity index (χ1n) is 9.06. The number of carbonyl (C=O) groups excluding carboxylic acids is 2. The van der Waals surface area contributed by atoms with Crippen LogP contribution in [0.4, 0.5) is 0 Å². The van der Waals surface area contributed by atoms with Crippen LogP contribution in [0.25, 0.3) is 0 Å². The highest BCUT2D eigenvalue weighted by Gasteiger charge is 2.55. The van der Waals surface area contributed by atoms with Crippen molar-refractivity contribution >= 4 is 11.8 Å². The van der Waals surface area contributed by atoms with E-state index in [2.05, 4.69) is 0 Å². The number of fused-ring (bicyclic) bond motifs is 4. The van der Waals surface area contributed by atoms with E-state index in [1.165, 1.54) is 0 Å². The number of nitrogens with two attached hydrogens (primary N) is 1. The van der Waals surface area contributed by atoms with Gasteiger partial charge in [-0.15, -0.1) is 0 Å². The van der Waals surface area contributed by atoms with Gasteiger partial charge in [-0.05, 0) is 30.7 Å². The minimum atomic E-state index is -0.889. The average Bonchev–Trinajstić information content (AvgIpc) is 2.65. The first-order valence-corrected chi connectivity index (χ1v) is 9.06. The Morgan fingerprint density at radius 2 is 1.93 bits per heavy atom. The van der Waals surface area contributed by atoms with Crippen molar-refractivity contribution in [3.63, 3.8) is 0 Å². The molecule has 0 unspecified atom stereocenters. The average molecular weight is 366 g/mol. The molecule has 2 N–H and O–H groups in total. The van der Waals surface area contributed by atoms with Crippen molar-refractivity contribution < 1.29 is 19.1 Å². The molecule has 2 aromatic carbocycles. The fourth-order valence-corrected chi connectivity index (χ4v) is 4.15. The molecule has 6 nitrogen and oxygen atoms in total. The van der Waals surface area contributed by atoms with Crippen molar-refractivity contribution in [3.8, 4) is 11.5 Å². The van der Waals surface area contributed by atoms with E-state index in [4.69, 9.17) is 15.2 Å². The number of ether oxygens (including phenoxy) is 2. The molecule has 4 rings (SSSR count). The number of rotatable bonds is 5. The molecular formula is C21H22N2O4. The quantitative estimate of drug-likeness (QED) is 0.823. The lowest BCUT2D eigenvalue weighted by Crippen LogP contribution is -2.65. The predicted molar refractivity (Wildman–Crippen MR) is 99.2 cm³/mol. The van der Waals surface area contributed by atoms with Crippen LogP contribution in [0.2, 0.25) is 0 Å². The summed E-state index contributed by atoms with van der Waals surface area (Å²) >= 11 is 0. The van der Waals surface area contributed by atoms with Crippen LogP contribution in [0.5, 0.6) is 11.5 Å². The molecule has 1 fully saturated rings. The van der Waals surface area contributed by atoms with Crippen LogP contribution in [-0.4, -0.2) is 35.6 Å². The number of benzene rings is 2. The van der Waals surface area contributed by atoms with Crippen LogP contribution < -0.4 is 15.2 Å². The Hall–Kier alpha value is -3.02. The second-order valence-corrected chi connectivity index (χ2v) is 7.16. The van der Waals surface area contributed by atoms with Gasteiger partial charge in [-0.1, -0.05) is 36.4 Å². The van der Waals surface area contributed by atoms with E-state index < -0.39 is 17.6 Å². The highest BCUT2D eigenvalue weighted by molar-refractivity contribution is 6.01. The molecule has 1 saturated heterocycles. The summed E-state index contributed by atoms with van der Waals surface area (Å²) in [4.78, 5) is 26.8. The van der Waals surface area contributed by atoms with Crippen molar-refractivity contribution in [2.24, 2.45) is 11.7 Å². The van der Waals surface area contributed by atoms with Crippen LogP contribution in [0, 0.1) is 5.92 Å². The first kappa shape index (κ1) is 17.4. The Balaban J connectivity index is 1.60. The zero-order valence-corrected chi connectivity index (χ0v) is 15.1. The summed E-state index contributed by atoms with van der Waals surface area (Å²) in [5, 5.41) is 0. The largest absolute Gasteiger partial charge is 0.492 e. The van der Waals surface area contributed by atoms with Gasteiger partial charge in [0.25, 0.3) is 0 Å².